The molecule has 0 unspecified atom stereocenters. The van der Waals surface area contributed by atoms with Gasteiger partial charge in [-0.25, -0.2) is 0 Å². The molecule has 1 heterocycles. The molecule has 10 heteroatoms. The Labute approximate surface area is 186 Å². The highest BCUT2D eigenvalue weighted by atomic mass is 16.6. The van der Waals surface area contributed by atoms with E-state index in [0.29, 0.717) is 36.4 Å². The smallest absolute Gasteiger partial charge is 0.299 e. The van der Waals surface area contributed by atoms with Crippen LogP contribution in [0.25, 0.3) is 0 Å². The zero-order valence-electron chi connectivity index (χ0n) is 18.3. The van der Waals surface area contributed by atoms with Gasteiger partial charge in [-0.2, -0.15) is 0 Å². The largest absolute Gasteiger partial charge is 0.379 e. The summed E-state index contributed by atoms with van der Waals surface area (Å²) >= 11 is 0. The molecule has 0 spiro atoms. The monoisotopic (exact) mass is 444 g/mol. The van der Waals surface area contributed by atoms with E-state index >= 15 is 0 Å². The SMILES string of the molecule is Cc1c(NCCC[NH+]2CCOCC2)c([N+](=O)[O-])cc([N+](=O)[O-])c1NCCc1ccccc1. The van der Waals surface area contributed by atoms with Gasteiger partial charge in [-0.05, 0) is 18.9 Å². The predicted molar refractivity (Wildman–Crippen MR) is 123 cm³/mol. The molecule has 3 rings (SSSR count). The number of nitrogens with one attached hydrogen (secondary N) is 3. The molecule has 3 N–H and O–H groups in total. The van der Waals surface area contributed by atoms with Crippen molar-refractivity contribution in [2.45, 2.75) is 19.8 Å². The van der Waals surface area contributed by atoms with Crippen molar-refractivity contribution in [2.75, 3.05) is 56.6 Å². The number of quaternary nitrogens is 1. The van der Waals surface area contributed by atoms with Gasteiger partial charge < -0.3 is 20.3 Å². The maximum Gasteiger partial charge on any atom is 0.299 e. The quantitative estimate of drug-likeness (QED) is 0.276. The van der Waals surface area contributed by atoms with Crippen LogP contribution in [0.15, 0.2) is 36.4 Å². The third kappa shape index (κ3) is 6.14. The molecule has 1 saturated heterocycles. The van der Waals surface area contributed by atoms with Gasteiger partial charge in [0, 0.05) is 25.1 Å². The number of nitrogens with zero attached hydrogens (tertiary/aromatic N) is 2. The average molecular weight is 445 g/mol. The highest BCUT2D eigenvalue weighted by Gasteiger charge is 2.28. The lowest BCUT2D eigenvalue weighted by atomic mass is 10.1. The molecule has 1 aliphatic heterocycles. The Kier molecular flexibility index (Phi) is 8.34. The van der Waals surface area contributed by atoms with Crippen LogP contribution >= 0.6 is 0 Å². The van der Waals surface area contributed by atoms with Crippen molar-refractivity contribution in [3.05, 3.63) is 67.8 Å². The van der Waals surface area contributed by atoms with E-state index in [0.717, 1.165) is 50.9 Å². The number of morpholine rings is 1. The van der Waals surface area contributed by atoms with Crippen LogP contribution in [0, 0.1) is 27.2 Å². The maximum atomic E-state index is 11.6. The fraction of sp³-hybridized carbons (Fsp3) is 0.455. The summed E-state index contributed by atoms with van der Waals surface area (Å²) in [5.41, 5.74) is 1.67. The van der Waals surface area contributed by atoms with E-state index in [1.807, 2.05) is 30.3 Å². The average Bonchev–Trinajstić information content (AvgIpc) is 2.79. The number of rotatable bonds is 11. The lowest BCUT2D eigenvalue weighted by molar-refractivity contribution is -0.908. The molecule has 0 atom stereocenters. The molecular weight excluding hydrogens is 414 g/mol. The number of hydrogen-bond donors (Lipinski definition) is 3. The molecule has 1 fully saturated rings. The Balaban J connectivity index is 1.73. The fourth-order valence-corrected chi connectivity index (χ4v) is 3.96. The van der Waals surface area contributed by atoms with Crippen LogP contribution in [0.3, 0.4) is 0 Å². The molecular formula is C22H30N5O5+. The van der Waals surface area contributed by atoms with Crippen LogP contribution in [-0.2, 0) is 11.2 Å². The third-order valence-electron chi connectivity index (χ3n) is 5.70. The second kappa shape index (κ2) is 11.4. The van der Waals surface area contributed by atoms with Gasteiger partial charge in [0.1, 0.15) is 24.5 Å². The molecule has 0 saturated carbocycles. The standard InChI is InChI=1S/C22H29N5O5/c1-17-21(23-9-5-11-25-12-14-32-15-13-25)19(26(28)29)16-20(27(30)31)22(17)24-10-8-18-6-3-2-4-7-18/h2-4,6-7,16,23-24H,5,8-15H2,1H3/p+1. The minimum atomic E-state index is -0.573. The summed E-state index contributed by atoms with van der Waals surface area (Å²) in [7, 11) is 0. The van der Waals surface area contributed by atoms with Gasteiger partial charge in [-0.3, -0.25) is 20.2 Å². The molecule has 32 heavy (non-hydrogen) atoms. The van der Waals surface area contributed by atoms with E-state index in [-0.39, 0.29) is 11.4 Å². The molecule has 0 amide bonds. The maximum absolute atomic E-state index is 11.6. The summed E-state index contributed by atoms with van der Waals surface area (Å²) in [6.07, 6.45) is 1.51. The summed E-state index contributed by atoms with van der Waals surface area (Å²) < 4.78 is 5.36. The van der Waals surface area contributed by atoms with Crippen LogP contribution in [0.5, 0.6) is 0 Å². The Morgan fingerprint density at radius 2 is 1.56 bits per heavy atom. The predicted octanol–water partition coefficient (Wildman–Crippen LogP) is 2.18. The first-order valence-corrected chi connectivity index (χ1v) is 10.9. The molecule has 1 aliphatic rings. The van der Waals surface area contributed by atoms with Gasteiger partial charge in [0.25, 0.3) is 11.4 Å². The Morgan fingerprint density at radius 3 is 2.16 bits per heavy atom. The number of ether oxygens (including phenoxy) is 1. The van der Waals surface area contributed by atoms with E-state index in [4.69, 9.17) is 4.74 Å². The van der Waals surface area contributed by atoms with Crippen molar-refractivity contribution in [3.63, 3.8) is 0 Å². The highest BCUT2D eigenvalue weighted by molar-refractivity contribution is 5.82. The van der Waals surface area contributed by atoms with Crippen molar-refractivity contribution < 1.29 is 19.5 Å². The first-order chi connectivity index (χ1) is 15.5. The zero-order valence-corrected chi connectivity index (χ0v) is 18.3. The molecule has 2 aromatic rings. The highest BCUT2D eigenvalue weighted by Crippen LogP contribution is 2.40. The summed E-state index contributed by atoms with van der Waals surface area (Å²) in [6, 6.07) is 10.8. The molecule has 0 aliphatic carbocycles. The van der Waals surface area contributed by atoms with Gasteiger partial charge in [0.05, 0.1) is 35.7 Å². The fourth-order valence-electron chi connectivity index (χ4n) is 3.96. The Hall–Kier alpha value is -3.24. The van der Waals surface area contributed by atoms with Crippen LogP contribution in [-0.4, -0.2) is 55.8 Å². The van der Waals surface area contributed by atoms with Gasteiger partial charge >= 0.3 is 0 Å². The minimum absolute atomic E-state index is 0.276. The number of hydrogen-bond acceptors (Lipinski definition) is 7. The van der Waals surface area contributed by atoms with Crippen molar-refractivity contribution in [3.8, 4) is 0 Å². The van der Waals surface area contributed by atoms with Gasteiger partial charge in [-0.1, -0.05) is 30.3 Å². The minimum Gasteiger partial charge on any atom is -0.379 e. The lowest BCUT2D eigenvalue weighted by Gasteiger charge is -2.23. The molecule has 172 valence electrons. The number of benzene rings is 2. The summed E-state index contributed by atoms with van der Waals surface area (Å²) in [4.78, 5) is 23.6. The number of nitro groups is 2. The van der Waals surface area contributed by atoms with Gasteiger partial charge in [0.15, 0.2) is 0 Å². The number of anilines is 2. The van der Waals surface area contributed by atoms with Crippen molar-refractivity contribution in [1.82, 2.24) is 0 Å². The zero-order chi connectivity index (χ0) is 22.9. The van der Waals surface area contributed by atoms with E-state index in [9.17, 15) is 20.2 Å². The van der Waals surface area contributed by atoms with Crippen molar-refractivity contribution in [1.29, 1.82) is 0 Å². The van der Waals surface area contributed by atoms with E-state index in [1.165, 1.54) is 4.90 Å². The van der Waals surface area contributed by atoms with E-state index in [1.54, 1.807) is 6.92 Å². The first-order valence-electron chi connectivity index (χ1n) is 10.9. The van der Waals surface area contributed by atoms with Crippen LogP contribution in [0.2, 0.25) is 0 Å². The summed E-state index contributed by atoms with van der Waals surface area (Å²) in [6.45, 7) is 7.09. The topological polar surface area (TPSA) is 124 Å². The molecule has 0 radical (unpaired) electrons. The Bertz CT molecular complexity index is 932. The second-order valence-corrected chi connectivity index (χ2v) is 7.86. The third-order valence-corrected chi connectivity index (χ3v) is 5.70. The second-order valence-electron chi connectivity index (χ2n) is 7.86. The van der Waals surface area contributed by atoms with E-state index < -0.39 is 9.85 Å². The number of nitro benzene ring substituents is 2. The molecule has 2 aromatic carbocycles. The molecule has 10 nitrogen and oxygen atoms in total. The molecule has 0 aromatic heterocycles. The van der Waals surface area contributed by atoms with Crippen molar-refractivity contribution in [2.24, 2.45) is 0 Å². The summed E-state index contributed by atoms with van der Waals surface area (Å²) in [5.74, 6) is 0. The lowest BCUT2D eigenvalue weighted by Crippen LogP contribution is -3.14. The normalized spacial score (nSPS) is 14.2. The van der Waals surface area contributed by atoms with Crippen LogP contribution in [0.4, 0.5) is 22.7 Å². The van der Waals surface area contributed by atoms with Crippen LogP contribution in [0.1, 0.15) is 17.5 Å². The van der Waals surface area contributed by atoms with Crippen molar-refractivity contribution >= 4 is 22.7 Å². The van der Waals surface area contributed by atoms with Gasteiger partial charge in [-0.15, -0.1) is 0 Å². The summed E-state index contributed by atoms with van der Waals surface area (Å²) in [5, 5.41) is 29.6. The first kappa shape index (κ1) is 23.4. The van der Waals surface area contributed by atoms with Gasteiger partial charge in [0.2, 0.25) is 0 Å². The van der Waals surface area contributed by atoms with Crippen LogP contribution < -0.4 is 15.5 Å². The van der Waals surface area contributed by atoms with E-state index in [2.05, 4.69) is 10.6 Å². The molecule has 0 bridgehead atoms. The Morgan fingerprint density at radius 1 is 0.969 bits per heavy atom.